The number of rotatable bonds is 6. The molecule has 26 heavy (non-hydrogen) atoms. The van der Waals surface area contributed by atoms with Crippen LogP contribution in [0.3, 0.4) is 0 Å². The number of carbonyl (C=O) groups excluding carboxylic acids is 1. The number of nitrogens with one attached hydrogen (secondary N) is 2. The molecule has 1 aromatic heterocycles. The van der Waals surface area contributed by atoms with Gasteiger partial charge in [0.2, 0.25) is 5.91 Å². The van der Waals surface area contributed by atoms with Crippen molar-refractivity contribution < 1.29 is 19.0 Å². The van der Waals surface area contributed by atoms with Gasteiger partial charge < -0.3 is 24.5 Å². The molecule has 1 amide bonds. The summed E-state index contributed by atoms with van der Waals surface area (Å²) in [7, 11) is 0. The first kappa shape index (κ1) is 17.6. The third-order valence-corrected chi connectivity index (χ3v) is 5.32. The van der Waals surface area contributed by atoms with Gasteiger partial charge >= 0.3 is 0 Å². The van der Waals surface area contributed by atoms with E-state index in [1.807, 2.05) is 25.1 Å². The van der Waals surface area contributed by atoms with Crippen LogP contribution in [-0.4, -0.2) is 43.4 Å². The van der Waals surface area contributed by atoms with Crippen molar-refractivity contribution in [1.29, 1.82) is 0 Å². The molecule has 0 spiro atoms. The monoisotopic (exact) mass is 378 g/mol. The first-order valence-corrected chi connectivity index (χ1v) is 9.33. The zero-order chi connectivity index (χ0) is 18.1. The lowest BCUT2D eigenvalue weighted by molar-refractivity contribution is -0.125. The Morgan fingerprint density at radius 2 is 2.23 bits per heavy atom. The minimum atomic E-state index is -0.165. The number of aromatic amines is 1. The first-order chi connectivity index (χ1) is 12.5. The van der Waals surface area contributed by atoms with Crippen molar-refractivity contribution in [3.05, 3.63) is 28.9 Å². The third-order valence-electron chi connectivity index (χ3n) is 5.03. The second-order valence-electron chi connectivity index (χ2n) is 7.29. The van der Waals surface area contributed by atoms with Gasteiger partial charge in [-0.25, -0.2) is 0 Å². The molecule has 2 aliphatic rings. The van der Waals surface area contributed by atoms with E-state index in [4.69, 9.17) is 25.8 Å². The minimum Gasteiger partial charge on any atom is -0.489 e. The average Bonchev–Trinajstić information content (AvgIpc) is 3.27. The van der Waals surface area contributed by atoms with Crippen LogP contribution < -0.4 is 10.1 Å². The number of ether oxygens (including phenoxy) is 3. The highest BCUT2D eigenvalue weighted by atomic mass is 35.5. The fraction of sp³-hybridized carbons (Fsp3) is 0.526. The smallest absolute Gasteiger partial charge is 0.226 e. The van der Waals surface area contributed by atoms with Crippen LogP contribution in [0.4, 0.5) is 0 Å². The summed E-state index contributed by atoms with van der Waals surface area (Å²) < 4.78 is 16.8. The zero-order valence-electron chi connectivity index (χ0n) is 14.8. The predicted molar refractivity (Wildman–Crippen MR) is 98.6 cm³/mol. The molecule has 140 valence electrons. The number of fused-ring (bicyclic) bond motifs is 1. The molecule has 1 atom stereocenters. The number of aromatic nitrogens is 1. The summed E-state index contributed by atoms with van der Waals surface area (Å²) in [6, 6.07) is 5.75. The zero-order valence-corrected chi connectivity index (χ0v) is 15.5. The second-order valence-corrected chi connectivity index (χ2v) is 7.69. The largest absolute Gasteiger partial charge is 0.489 e. The van der Waals surface area contributed by atoms with Gasteiger partial charge in [-0.1, -0.05) is 18.5 Å². The Morgan fingerprint density at radius 3 is 2.96 bits per heavy atom. The minimum absolute atomic E-state index is 0.0753. The van der Waals surface area contributed by atoms with Gasteiger partial charge in [0.1, 0.15) is 18.5 Å². The molecule has 0 bridgehead atoms. The third kappa shape index (κ3) is 3.82. The van der Waals surface area contributed by atoms with E-state index < -0.39 is 0 Å². The fourth-order valence-electron chi connectivity index (χ4n) is 3.02. The normalized spacial score (nSPS) is 21.5. The fourth-order valence-corrected chi connectivity index (χ4v) is 3.24. The van der Waals surface area contributed by atoms with Crippen molar-refractivity contribution in [3.63, 3.8) is 0 Å². The van der Waals surface area contributed by atoms with Crippen LogP contribution in [0, 0.1) is 5.41 Å². The maximum Gasteiger partial charge on any atom is 0.226 e. The highest BCUT2D eigenvalue weighted by molar-refractivity contribution is 6.32. The Labute approximate surface area is 157 Å². The topological polar surface area (TPSA) is 72.6 Å². The van der Waals surface area contributed by atoms with E-state index in [0.717, 1.165) is 29.4 Å². The number of H-pyrrole nitrogens is 1. The van der Waals surface area contributed by atoms with Crippen LogP contribution in [0.1, 0.15) is 25.5 Å². The molecule has 4 rings (SSSR count). The molecule has 1 saturated carbocycles. The van der Waals surface area contributed by atoms with E-state index in [9.17, 15) is 4.79 Å². The van der Waals surface area contributed by atoms with Crippen LogP contribution in [0.2, 0.25) is 5.02 Å². The van der Waals surface area contributed by atoms with Crippen molar-refractivity contribution in [1.82, 2.24) is 10.3 Å². The number of halogens is 1. The summed E-state index contributed by atoms with van der Waals surface area (Å²) in [5.41, 5.74) is 1.70. The molecule has 1 saturated heterocycles. The molecule has 1 aliphatic carbocycles. The second kappa shape index (κ2) is 7.10. The van der Waals surface area contributed by atoms with Gasteiger partial charge in [-0.2, -0.15) is 0 Å². The van der Waals surface area contributed by atoms with Gasteiger partial charge in [-0.05, 0) is 25.0 Å². The van der Waals surface area contributed by atoms with E-state index in [2.05, 4.69) is 10.3 Å². The summed E-state index contributed by atoms with van der Waals surface area (Å²) in [4.78, 5) is 15.4. The lowest BCUT2D eigenvalue weighted by atomic mass is 10.1. The first-order valence-electron chi connectivity index (χ1n) is 8.95. The van der Waals surface area contributed by atoms with Crippen LogP contribution in [0.25, 0.3) is 10.9 Å². The van der Waals surface area contributed by atoms with E-state index in [1.54, 1.807) is 0 Å². The van der Waals surface area contributed by atoms with Crippen molar-refractivity contribution >= 4 is 28.4 Å². The molecular weight excluding hydrogens is 356 g/mol. The Hall–Kier alpha value is -1.76. The molecule has 7 heteroatoms. The van der Waals surface area contributed by atoms with Crippen LogP contribution >= 0.6 is 11.6 Å². The van der Waals surface area contributed by atoms with E-state index in [1.165, 1.54) is 0 Å². The number of amides is 1. The molecule has 6 nitrogen and oxygen atoms in total. The summed E-state index contributed by atoms with van der Waals surface area (Å²) in [5.74, 6) is 0.726. The Morgan fingerprint density at radius 1 is 1.38 bits per heavy atom. The maximum absolute atomic E-state index is 12.1. The van der Waals surface area contributed by atoms with Gasteiger partial charge in [-0.15, -0.1) is 0 Å². The van der Waals surface area contributed by atoms with Crippen LogP contribution in [-0.2, 0) is 20.8 Å². The number of hydrogen-bond donors (Lipinski definition) is 2. The maximum atomic E-state index is 12.1. The average molecular weight is 379 g/mol. The van der Waals surface area contributed by atoms with Gasteiger partial charge in [-0.3, -0.25) is 4.79 Å². The van der Waals surface area contributed by atoms with E-state index in [-0.39, 0.29) is 17.4 Å². The van der Waals surface area contributed by atoms with Crippen molar-refractivity contribution in [3.8, 4) is 5.75 Å². The number of hydrogen-bond acceptors (Lipinski definition) is 4. The molecule has 2 heterocycles. The Kier molecular flexibility index (Phi) is 4.82. The van der Waals surface area contributed by atoms with Gasteiger partial charge in [0.25, 0.3) is 0 Å². The van der Waals surface area contributed by atoms with Gasteiger partial charge in [0.15, 0.2) is 0 Å². The van der Waals surface area contributed by atoms with Crippen molar-refractivity contribution in [2.24, 2.45) is 5.41 Å². The van der Waals surface area contributed by atoms with E-state index >= 15 is 0 Å². The molecular formula is C19H23ClN2O4. The lowest BCUT2D eigenvalue weighted by Gasteiger charge is -2.23. The summed E-state index contributed by atoms with van der Waals surface area (Å²) >= 11 is 6.35. The summed E-state index contributed by atoms with van der Waals surface area (Å²) in [6.07, 6.45) is 1.86. The standard InChI is InChI=1S/C19H23ClN2O4/c1-19(2-3-19)18(23)21-9-13-6-12-7-15(20)17(8-16(12)22-13)26-11-14-10-24-4-5-25-14/h6-8,14,22H,2-5,9-11H2,1H3,(H,21,23)/t14-/m0/s1. The summed E-state index contributed by atoms with van der Waals surface area (Å²) in [6.45, 7) is 4.62. The van der Waals surface area contributed by atoms with Crippen molar-refractivity contribution in [2.75, 3.05) is 26.4 Å². The molecule has 2 N–H and O–H groups in total. The molecule has 2 aromatic rings. The highest BCUT2D eigenvalue weighted by Gasteiger charge is 2.44. The molecule has 0 radical (unpaired) electrons. The molecule has 1 aliphatic heterocycles. The predicted octanol–water partition coefficient (Wildman–Crippen LogP) is 3.03. The van der Waals surface area contributed by atoms with E-state index in [0.29, 0.717) is 43.7 Å². The van der Waals surface area contributed by atoms with Crippen molar-refractivity contribution in [2.45, 2.75) is 32.4 Å². The number of carbonyl (C=O) groups is 1. The molecule has 0 unspecified atom stereocenters. The Bertz CT molecular complexity index is 809. The lowest BCUT2D eigenvalue weighted by Crippen LogP contribution is -2.33. The molecule has 2 fully saturated rings. The summed E-state index contributed by atoms with van der Waals surface area (Å²) in [5, 5.41) is 4.53. The highest BCUT2D eigenvalue weighted by Crippen LogP contribution is 2.45. The number of benzene rings is 1. The Balaban J connectivity index is 1.41. The van der Waals surface area contributed by atoms with Gasteiger partial charge in [0, 0.05) is 28.1 Å². The van der Waals surface area contributed by atoms with Crippen LogP contribution in [0.5, 0.6) is 5.75 Å². The van der Waals surface area contributed by atoms with Gasteiger partial charge in [0.05, 0.1) is 31.4 Å². The SMILES string of the molecule is CC1(C(=O)NCc2cc3cc(Cl)c(OC[C@@H]4COCCO4)cc3[nH]2)CC1. The molecule has 1 aromatic carbocycles. The quantitative estimate of drug-likeness (QED) is 0.810. The van der Waals surface area contributed by atoms with Crippen LogP contribution in [0.15, 0.2) is 18.2 Å².